The van der Waals surface area contributed by atoms with Crippen molar-refractivity contribution in [1.82, 2.24) is 10.6 Å². The summed E-state index contributed by atoms with van der Waals surface area (Å²) in [7, 11) is 2.45. The lowest BCUT2D eigenvalue weighted by Gasteiger charge is -2.24. The molecule has 0 heterocycles. The molecule has 2 N–H and O–H groups in total. The predicted molar refractivity (Wildman–Crippen MR) is 79.6 cm³/mol. The van der Waals surface area contributed by atoms with Crippen molar-refractivity contribution < 1.29 is 13.3 Å². The van der Waals surface area contributed by atoms with E-state index in [1.165, 1.54) is 0 Å². The summed E-state index contributed by atoms with van der Waals surface area (Å²) in [6, 6.07) is 0.774. The van der Waals surface area contributed by atoms with E-state index in [1.54, 1.807) is 21.3 Å². The normalized spacial score (nSPS) is 11.7. The molecule has 0 radical (unpaired) electrons. The first kappa shape index (κ1) is 17.8. The third kappa shape index (κ3) is 7.27. The molecule has 18 heavy (non-hydrogen) atoms. The van der Waals surface area contributed by atoms with E-state index in [4.69, 9.17) is 25.5 Å². The van der Waals surface area contributed by atoms with E-state index in [-0.39, 0.29) is 0 Å². The van der Waals surface area contributed by atoms with Crippen LogP contribution in [-0.2, 0) is 13.3 Å². The third-order valence-corrected chi connectivity index (χ3v) is 5.67. The van der Waals surface area contributed by atoms with E-state index >= 15 is 0 Å². The highest BCUT2D eigenvalue weighted by molar-refractivity contribution is 7.80. The van der Waals surface area contributed by atoms with Gasteiger partial charge in [0.15, 0.2) is 5.11 Å². The van der Waals surface area contributed by atoms with E-state index in [0.717, 1.165) is 25.6 Å². The van der Waals surface area contributed by atoms with Gasteiger partial charge >= 0.3 is 8.80 Å². The van der Waals surface area contributed by atoms with Crippen LogP contribution in [0.5, 0.6) is 0 Å². The van der Waals surface area contributed by atoms with Gasteiger partial charge in [0, 0.05) is 40.5 Å². The average Bonchev–Trinajstić information content (AvgIpc) is 2.37. The zero-order valence-electron chi connectivity index (χ0n) is 12.0. The Hall–Kier alpha value is -0.213. The minimum absolute atomic E-state index is 0.584. The maximum absolute atomic E-state index is 5.34. The molecular weight excluding hydrogens is 268 g/mol. The zero-order chi connectivity index (χ0) is 14.0. The summed E-state index contributed by atoms with van der Waals surface area (Å²) >= 11 is 5.16. The van der Waals surface area contributed by atoms with Crippen LogP contribution in [0, 0.1) is 5.92 Å². The van der Waals surface area contributed by atoms with Gasteiger partial charge in [0.25, 0.3) is 0 Å². The molecule has 0 aliphatic rings. The van der Waals surface area contributed by atoms with Crippen LogP contribution in [0.15, 0.2) is 0 Å². The lowest BCUT2D eigenvalue weighted by molar-refractivity contribution is 0.123. The van der Waals surface area contributed by atoms with Crippen molar-refractivity contribution in [3.05, 3.63) is 0 Å². The predicted octanol–water partition coefficient (Wildman–Crippen LogP) is 1.37. The van der Waals surface area contributed by atoms with E-state index in [9.17, 15) is 0 Å². The molecule has 0 fully saturated rings. The Morgan fingerprint density at radius 3 is 2.11 bits per heavy atom. The third-order valence-electron chi connectivity index (χ3n) is 2.55. The number of hydrogen-bond donors (Lipinski definition) is 2. The standard InChI is InChI=1S/C11H26N2O3SSi/c1-10(2)9-13-11(17)12-7-6-8-18(14-3,15-4)16-5/h10H,6-9H2,1-5H3,(H2,12,13,17). The molecule has 0 aromatic rings. The Morgan fingerprint density at radius 2 is 1.67 bits per heavy atom. The Morgan fingerprint density at radius 1 is 1.11 bits per heavy atom. The van der Waals surface area contributed by atoms with Gasteiger partial charge in [0.1, 0.15) is 0 Å². The van der Waals surface area contributed by atoms with Crippen LogP contribution < -0.4 is 10.6 Å². The van der Waals surface area contributed by atoms with Gasteiger partial charge in [-0.05, 0) is 24.6 Å². The van der Waals surface area contributed by atoms with Crippen LogP contribution in [0.4, 0.5) is 0 Å². The summed E-state index contributed by atoms with van der Waals surface area (Å²) in [6.45, 7) is 5.96. The Balaban J connectivity index is 3.75. The largest absolute Gasteiger partial charge is 0.500 e. The second-order valence-corrected chi connectivity index (χ2v) is 7.93. The molecule has 0 saturated carbocycles. The molecule has 0 aromatic heterocycles. The number of thiocarbonyl (C=S) groups is 1. The molecule has 0 bridgehead atoms. The molecule has 7 heteroatoms. The first-order valence-electron chi connectivity index (χ1n) is 6.16. The smallest absolute Gasteiger partial charge is 0.377 e. The van der Waals surface area contributed by atoms with Gasteiger partial charge in [-0.1, -0.05) is 13.8 Å². The molecule has 0 amide bonds. The number of rotatable bonds is 9. The molecule has 0 aliphatic carbocycles. The summed E-state index contributed by atoms with van der Waals surface area (Å²) in [5.41, 5.74) is 0. The van der Waals surface area contributed by atoms with Crippen molar-refractivity contribution in [2.45, 2.75) is 26.3 Å². The fourth-order valence-corrected chi connectivity index (χ4v) is 3.33. The Kier molecular flexibility index (Phi) is 9.57. The van der Waals surface area contributed by atoms with Gasteiger partial charge in [0.2, 0.25) is 0 Å². The molecule has 0 aliphatic heterocycles. The maximum Gasteiger partial charge on any atom is 0.500 e. The van der Waals surface area contributed by atoms with Crippen LogP contribution in [0.2, 0.25) is 6.04 Å². The lowest BCUT2D eigenvalue weighted by Crippen LogP contribution is -2.44. The van der Waals surface area contributed by atoms with Crippen LogP contribution in [0.3, 0.4) is 0 Å². The van der Waals surface area contributed by atoms with Gasteiger partial charge in [-0.3, -0.25) is 0 Å². The van der Waals surface area contributed by atoms with Crippen molar-refractivity contribution in [3.63, 3.8) is 0 Å². The van der Waals surface area contributed by atoms with Crippen LogP contribution in [-0.4, -0.2) is 48.3 Å². The second-order valence-electron chi connectivity index (χ2n) is 4.43. The van der Waals surface area contributed by atoms with E-state index in [1.807, 2.05) is 0 Å². The van der Waals surface area contributed by atoms with E-state index < -0.39 is 8.80 Å². The fourth-order valence-electron chi connectivity index (χ4n) is 1.42. The Bertz CT molecular complexity index is 230. The highest BCUT2D eigenvalue weighted by Crippen LogP contribution is 2.14. The van der Waals surface area contributed by atoms with Crippen LogP contribution in [0.1, 0.15) is 20.3 Å². The highest BCUT2D eigenvalue weighted by Gasteiger charge is 2.36. The molecule has 108 valence electrons. The van der Waals surface area contributed by atoms with Crippen molar-refractivity contribution in [2.75, 3.05) is 34.4 Å². The molecule has 5 nitrogen and oxygen atoms in total. The van der Waals surface area contributed by atoms with Crippen molar-refractivity contribution >= 4 is 26.1 Å². The van der Waals surface area contributed by atoms with Crippen molar-refractivity contribution in [2.24, 2.45) is 5.92 Å². The van der Waals surface area contributed by atoms with Crippen LogP contribution in [0.25, 0.3) is 0 Å². The zero-order valence-corrected chi connectivity index (χ0v) is 13.9. The summed E-state index contributed by atoms with van der Waals surface area (Å²) in [6.07, 6.45) is 0.894. The molecule has 0 atom stereocenters. The molecule has 0 unspecified atom stereocenters. The molecule has 0 saturated heterocycles. The molecule has 0 spiro atoms. The maximum atomic E-state index is 5.34. The summed E-state index contributed by atoms with van der Waals surface area (Å²) in [4.78, 5) is 0. The highest BCUT2D eigenvalue weighted by atomic mass is 32.1. The van der Waals surface area contributed by atoms with Gasteiger partial charge < -0.3 is 23.9 Å². The van der Waals surface area contributed by atoms with E-state index in [0.29, 0.717) is 11.0 Å². The fraction of sp³-hybridized carbons (Fsp3) is 0.909. The van der Waals surface area contributed by atoms with Gasteiger partial charge in [-0.25, -0.2) is 0 Å². The summed E-state index contributed by atoms with van der Waals surface area (Å²) in [5.74, 6) is 0.584. The quantitative estimate of drug-likeness (QED) is 0.381. The molecule has 0 rings (SSSR count). The first-order chi connectivity index (χ1) is 8.49. The minimum Gasteiger partial charge on any atom is -0.377 e. The average molecular weight is 294 g/mol. The lowest BCUT2D eigenvalue weighted by atomic mass is 10.2. The van der Waals surface area contributed by atoms with E-state index in [2.05, 4.69) is 24.5 Å². The topological polar surface area (TPSA) is 51.8 Å². The van der Waals surface area contributed by atoms with Crippen molar-refractivity contribution in [1.29, 1.82) is 0 Å². The first-order valence-corrected chi connectivity index (χ1v) is 8.50. The van der Waals surface area contributed by atoms with Gasteiger partial charge in [0.05, 0.1) is 0 Å². The summed E-state index contributed by atoms with van der Waals surface area (Å²) in [5, 5.41) is 7.02. The molecular formula is C11H26N2O3SSi. The van der Waals surface area contributed by atoms with Gasteiger partial charge in [-0.2, -0.15) is 0 Å². The Labute approximate surface area is 117 Å². The number of nitrogens with one attached hydrogen (secondary N) is 2. The molecule has 0 aromatic carbocycles. The minimum atomic E-state index is -2.43. The SMILES string of the molecule is CO[Si](CCCNC(=S)NCC(C)C)(OC)OC. The summed E-state index contributed by atoms with van der Waals surface area (Å²) < 4.78 is 16.0. The second kappa shape index (κ2) is 9.68. The van der Waals surface area contributed by atoms with Gasteiger partial charge in [-0.15, -0.1) is 0 Å². The van der Waals surface area contributed by atoms with Crippen molar-refractivity contribution in [3.8, 4) is 0 Å². The van der Waals surface area contributed by atoms with Crippen LogP contribution >= 0.6 is 12.2 Å². The number of hydrogen-bond acceptors (Lipinski definition) is 4. The monoisotopic (exact) mass is 294 g/mol.